The molecule has 0 saturated heterocycles. The van der Waals surface area contributed by atoms with Gasteiger partial charge >= 0.3 is 5.97 Å². The highest BCUT2D eigenvalue weighted by Gasteiger charge is 2.15. The summed E-state index contributed by atoms with van der Waals surface area (Å²) >= 11 is 0. The normalized spacial score (nSPS) is 15.8. The van der Waals surface area contributed by atoms with E-state index in [4.69, 9.17) is 4.74 Å². The van der Waals surface area contributed by atoms with E-state index in [1.165, 1.54) is 6.92 Å². The Kier molecular flexibility index (Phi) is 4.21. The minimum absolute atomic E-state index is 0.00491. The predicted molar refractivity (Wildman–Crippen MR) is 53.2 cm³/mol. The average Bonchev–Trinajstić information content (AvgIpc) is 2.15. The van der Waals surface area contributed by atoms with Crippen molar-refractivity contribution in [3.8, 4) is 0 Å². The molecular weight excluding hydrogens is 196 g/mol. The van der Waals surface area contributed by atoms with E-state index in [1.54, 1.807) is 6.08 Å². The van der Waals surface area contributed by atoms with Crippen LogP contribution in [0.1, 0.15) is 32.6 Å². The maximum Gasteiger partial charge on any atom is 0.313 e. The second kappa shape index (κ2) is 5.44. The zero-order chi connectivity index (χ0) is 11.3. The average molecular weight is 210 g/mol. The Balaban J connectivity index is 2.36. The molecule has 0 spiro atoms. The predicted octanol–water partition coefficient (Wildman–Crippen LogP) is 1.19. The zero-order valence-corrected chi connectivity index (χ0v) is 8.75. The molecule has 0 aliphatic heterocycles. The van der Waals surface area contributed by atoms with Crippen molar-refractivity contribution in [3.05, 3.63) is 11.6 Å². The van der Waals surface area contributed by atoms with Crippen LogP contribution in [0.5, 0.6) is 0 Å². The van der Waals surface area contributed by atoms with Gasteiger partial charge in [0, 0.05) is 12.0 Å². The Labute approximate surface area is 88.3 Å². The lowest BCUT2D eigenvalue weighted by molar-refractivity contribution is -0.144. The van der Waals surface area contributed by atoms with E-state index in [0.29, 0.717) is 12.0 Å². The van der Waals surface area contributed by atoms with Crippen molar-refractivity contribution in [1.82, 2.24) is 0 Å². The van der Waals surface area contributed by atoms with Crippen molar-refractivity contribution < 1.29 is 19.1 Å². The van der Waals surface area contributed by atoms with Crippen LogP contribution in [0.25, 0.3) is 0 Å². The van der Waals surface area contributed by atoms with E-state index in [2.05, 4.69) is 0 Å². The van der Waals surface area contributed by atoms with Crippen molar-refractivity contribution in [2.45, 2.75) is 32.6 Å². The molecule has 0 N–H and O–H groups in total. The smallest absolute Gasteiger partial charge is 0.313 e. The summed E-state index contributed by atoms with van der Waals surface area (Å²) in [5, 5.41) is 0. The number of Topliss-reactive ketones (excluding diaryl/α,β-unsaturated/α-hetero) is 2. The molecule has 0 aromatic heterocycles. The molecular formula is C11H14O4. The molecule has 4 heteroatoms. The molecule has 4 nitrogen and oxygen atoms in total. The van der Waals surface area contributed by atoms with Gasteiger partial charge in [0.05, 0.1) is 0 Å². The number of carbonyl (C=O) groups is 3. The molecule has 15 heavy (non-hydrogen) atoms. The van der Waals surface area contributed by atoms with Crippen molar-refractivity contribution in [3.63, 3.8) is 0 Å². The quantitative estimate of drug-likeness (QED) is 0.516. The Morgan fingerprint density at radius 2 is 2.20 bits per heavy atom. The summed E-state index contributed by atoms with van der Waals surface area (Å²) in [6.45, 7) is 1.33. The molecule has 1 aliphatic rings. The zero-order valence-electron chi connectivity index (χ0n) is 8.75. The lowest BCUT2D eigenvalue weighted by atomic mass is 9.99. The molecule has 0 unspecified atom stereocenters. The van der Waals surface area contributed by atoms with Crippen molar-refractivity contribution in [2.24, 2.45) is 0 Å². The number of esters is 1. The standard InChI is InChI=1S/C11H14O4/c1-8(12)6-11(14)15-7-9-4-2-3-5-10(9)13/h4H,2-3,5-7H2,1H3. The molecule has 0 atom stereocenters. The van der Waals surface area contributed by atoms with Crippen LogP contribution < -0.4 is 0 Å². The number of hydrogen-bond acceptors (Lipinski definition) is 4. The maximum atomic E-state index is 11.3. The largest absolute Gasteiger partial charge is 0.460 e. The Morgan fingerprint density at radius 3 is 2.80 bits per heavy atom. The van der Waals surface area contributed by atoms with E-state index in [1.807, 2.05) is 0 Å². The first-order valence-corrected chi connectivity index (χ1v) is 4.97. The minimum atomic E-state index is -0.568. The first-order chi connectivity index (χ1) is 7.09. The third kappa shape index (κ3) is 4.06. The van der Waals surface area contributed by atoms with E-state index >= 15 is 0 Å². The first-order valence-electron chi connectivity index (χ1n) is 4.97. The number of ether oxygens (including phenoxy) is 1. The van der Waals surface area contributed by atoms with Gasteiger partial charge < -0.3 is 4.74 Å². The van der Waals surface area contributed by atoms with Gasteiger partial charge in [0.15, 0.2) is 5.78 Å². The molecule has 1 rings (SSSR count). The van der Waals surface area contributed by atoms with Gasteiger partial charge in [-0.05, 0) is 19.8 Å². The lowest BCUT2D eigenvalue weighted by Crippen LogP contribution is -2.16. The van der Waals surface area contributed by atoms with Gasteiger partial charge in [-0.15, -0.1) is 0 Å². The molecule has 0 bridgehead atoms. The number of allylic oxidation sites excluding steroid dienone is 1. The summed E-state index contributed by atoms with van der Waals surface area (Å²) in [4.78, 5) is 32.9. The van der Waals surface area contributed by atoms with E-state index < -0.39 is 5.97 Å². The van der Waals surface area contributed by atoms with Crippen LogP contribution in [0.15, 0.2) is 11.6 Å². The summed E-state index contributed by atoms with van der Waals surface area (Å²) in [6, 6.07) is 0. The lowest BCUT2D eigenvalue weighted by Gasteiger charge is -2.11. The molecule has 0 saturated carbocycles. The topological polar surface area (TPSA) is 60.4 Å². The van der Waals surface area contributed by atoms with Gasteiger partial charge in [0.1, 0.15) is 18.8 Å². The van der Waals surface area contributed by atoms with Crippen LogP contribution in [0, 0.1) is 0 Å². The second-order valence-electron chi connectivity index (χ2n) is 3.58. The number of ketones is 2. The van der Waals surface area contributed by atoms with Crippen LogP contribution >= 0.6 is 0 Å². The highest BCUT2D eigenvalue weighted by atomic mass is 16.5. The Hall–Kier alpha value is -1.45. The van der Waals surface area contributed by atoms with Gasteiger partial charge in [-0.1, -0.05) is 6.08 Å². The van der Waals surface area contributed by atoms with Crippen molar-refractivity contribution in [2.75, 3.05) is 6.61 Å². The fourth-order valence-corrected chi connectivity index (χ4v) is 1.37. The second-order valence-corrected chi connectivity index (χ2v) is 3.58. The third-order valence-electron chi connectivity index (χ3n) is 2.14. The third-order valence-corrected chi connectivity index (χ3v) is 2.14. The van der Waals surface area contributed by atoms with Crippen molar-refractivity contribution in [1.29, 1.82) is 0 Å². The van der Waals surface area contributed by atoms with Crippen LogP contribution in [0.4, 0.5) is 0 Å². The molecule has 0 radical (unpaired) electrons. The van der Waals surface area contributed by atoms with Crippen molar-refractivity contribution >= 4 is 17.5 Å². The Bertz CT molecular complexity index is 315. The summed E-state index contributed by atoms with van der Waals surface area (Å²) < 4.78 is 4.81. The van der Waals surface area contributed by atoms with Crippen LogP contribution in [-0.4, -0.2) is 24.1 Å². The first kappa shape index (κ1) is 11.6. The number of carbonyl (C=O) groups excluding carboxylic acids is 3. The molecule has 0 fully saturated rings. The van der Waals surface area contributed by atoms with E-state index in [0.717, 1.165) is 12.8 Å². The molecule has 0 amide bonds. The number of rotatable bonds is 4. The summed E-state index contributed by atoms with van der Waals surface area (Å²) in [5.74, 6) is -0.761. The molecule has 0 aromatic carbocycles. The highest BCUT2D eigenvalue weighted by molar-refractivity contribution is 5.97. The van der Waals surface area contributed by atoms with Gasteiger partial charge in [0.25, 0.3) is 0 Å². The summed E-state index contributed by atoms with van der Waals surface area (Å²) in [7, 11) is 0. The monoisotopic (exact) mass is 210 g/mol. The SMILES string of the molecule is CC(=O)CC(=O)OCC1=CCCCC1=O. The number of hydrogen-bond donors (Lipinski definition) is 0. The fraction of sp³-hybridized carbons (Fsp3) is 0.545. The van der Waals surface area contributed by atoms with Gasteiger partial charge in [-0.3, -0.25) is 14.4 Å². The maximum absolute atomic E-state index is 11.3. The van der Waals surface area contributed by atoms with E-state index in [9.17, 15) is 14.4 Å². The Morgan fingerprint density at radius 1 is 1.47 bits per heavy atom. The molecule has 0 aromatic rings. The van der Waals surface area contributed by atoms with Gasteiger partial charge in [-0.2, -0.15) is 0 Å². The van der Waals surface area contributed by atoms with Crippen LogP contribution in [0.3, 0.4) is 0 Å². The molecule has 0 heterocycles. The minimum Gasteiger partial charge on any atom is -0.460 e. The van der Waals surface area contributed by atoms with E-state index in [-0.39, 0.29) is 24.6 Å². The van der Waals surface area contributed by atoms with Gasteiger partial charge in [0.2, 0.25) is 0 Å². The summed E-state index contributed by atoms with van der Waals surface area (Å²) in [6.07, 6.45) is 3.82. The highest BCUT2D eigenvalue weighted by Crippen LogP contribution is 2.14. The van der Waals surface area contributed by atoms with Gasteiger partial charge in [-0.25, -0.2) is 0 Å². The fourth-order valence-electron chi connectivity index (χ4n) is 1.37. The molecule has 82 valence electrons. The van der Waals surface area contributed by atoms with Crippen LogP contribution in [0.2, 0.25) is 0 Å². The van der Waals surface area contributed by atoms with Crippen LogP contribution in [-0.2, 0) is 19.1 Å². The summed E-state index contributed by atoms with van der Waals surface area (Å²) in [5.41, 5.74) is 0.554. The molecule has 1 aliphatic carbocycles.